The van der Waals surface area contributed by atoms with Crippen molar-refractivity contribution in [2.45, 2.75) is 20.0 Å². The molecule has 0 saturated heterocycles. The summed E-state index contributed by atoms with van der Waals surface area (Å²) in [6.07, 6.45) is -0.992. The molecule has 0 aliphatic rings. The van der Waals surface area contributed by atoms with Crippen molar-refractivity contribution in [3.8, 4) is 0 Å². The topological polar surface area (TPSA) is 52.6 Å². The van der Waals surface area contributed by atoms with Crippen molar-refractivity contribution < 1.29 is 19.1 Å². The first-order valence-electron chi connectivity index (χ1n) is 5.93. The SMILES string of the molecule is CCOC(=O)[C@H](OC(C)=O)c1csc2ccccc12. The van der Waals surface area contributed by atoms with Gasteiger partial charge in [0, 0.05) is 17.2 Å². The van der Waals surface area contributed by atoms with Crippen LogP contribution in [0.25, 0.3) is 10.1 Å². The Hall–Kier alpha value is -1.88. The van der Waals surface area contributed by atoms with Crippen LogP contribution in [0, 0.1) is 0 Å². The van der Waals surface area contributed by atoms with Gasteiger partial charge in [0.2, 0.25) is 6.10 Å². The first-order chi connectivity index (χ1) is 9.13. The van der Waals surface area contributed by atoms with Gasteiger partial charge in [0.25, 0.3) is 0 Å². The molecule has 1 atom stereocenters. The molecule has 19 heavy (non-hydrogen) atoms. The molecule has 0 aliphatic heterocycles. The van der Waals surface area contributed by atoms with Crippen molar-refractivity contribution in [2.24, 2.45) is 0 Å². The summed E-state index contributed by atoms with van der Waals surface area (Å²) < 4.78 is 11.1. The predicted octanol–water partition coefficient (Wildman–Crippen LogP) is 3.07. The molecule has 4 nitrogen and oxygen atoms in total. The minimum Gasteiger partial charge on any atom is -0.463 e. The molecule has 1 aromatic heterocycles. The van der Waals surface area contributed by atoms with Crippen LogP contribution in [-0.2, 0) is 19.1 Å². The highest BCUT2D eigenvalue weighted by atomic mass is 32.1. The molecule has 5 heteroatoms. The molecule has 0 amide bonds. The molecule has 0 aliphatic carbocycles. The second-order valence-electron chi connectivity index (χ2n) is 3.93. The summed E-state index contributed by atoms with van der Waals surface area (Å²) in [5.41, 5.74) is 0.675. The molecular weight excluding hydrogens is 264 g/mol. The monoisotopic (exact) mass is 278 g/mol. The van der Waals surface area contributed by atoms with Crippen molar-refractivity contribution in [3.63, 3.8) is 0 Å². The fourth-order valence-corrected chi connectivity index (χ4v) is 2.80. The summed E-state index contributed by atoms with van der Waals surface area (Å²) in [6.45, 7) is 3.24. The third kappa shape index (κ3) is 2.93. The van der Waals surface area contributed by atoms with Crippen LogP contribution >= 0.6 is 11.3 Å². The Morgan fingerprint density at radius 1 is 1.32 bits per heavy atom. The summed E-state index contributed by atoms with van der Waals surface area (Å²) in [5.74, 6) is -1.05. The van der Waals surface area contributed by atoms with E-state index in [1.165, 1.54) is 18.3 Å². The van der Waals surface area contributed by atoms with Crippen molar-refractivity contribution >= 4 is 33.4 Å². The van der Waals surface area contributed by atoms with Crippen LogP contribution in [0.15, 0.2) is 29.6 Å². The van der Waals surface area contributed by atoms with E-state index in [1.54, 1.807) is 6.92 Å². The van der Waals surface area contributed by atoms with Crippen LogP contribution in [0.2, 0.25) is 0 Å². The lowest BCUT2D eigenvalue weighted by Crippen LogP contribution is -2.20. The van der Waals surface area contributed by atoms with Crippen LogP contribution < -0.4 is 0 Å². The number of rotatable bonds is 4. The zero-order chi connectivity index (χ0) is 13.8. The molecule has 0 bridgehead atoms. The number of carbonyl (C=O) groups is 2. The quantitative estimate of drug-likeness (QED) is 0.806. The van der Waals surface area contributed by atoms with Gasteiger partial charge in [0.1, 0.15) is 0 Å². The number of fused-ring (bicyclic) bond motifs is 1. The lowest BCUT2D eigenvalue weighted by Gasteiger charge is -2.15. The van der Waals surface area contributed by atoms with Crippen LogP contribution in [-0.4, -0.2) is 18.5 Å². The predicted molar refractivity (Wildman–Crippen MR) is 73.0 cm³/mol. The van der Waals surface area contributed by atoms with E-state index in [0.29, 0.717) is 5.56 Å². The van der Waals surface area contributed by atoms with Gasteiger partial charge < -0.3 is 9.47 Å². The zero-order valence-electron chi connectivity index (χ0n) is 10.7. The van der Waals surface area contributed by atoms with E-state index in [-0.39, 0.29) is 6.61 Å². The summed E-state index contributed by atoms with van der Waals surface area (Å²) in [5, 5.41) is 2.74. The molecule has 1 aromatic carbocycles. The fourth-order valence-electron chi connectivity index (χ4n) is 1.82. The Labute approximate surface area is 114 Å². The lowest BCUT2D eigenvalue weighted by atomic mass is 10.1. The van der Waals surface area contributed by atoms with Gasteiger partial charge in [-0.1, -0.05) is 18.2 Å². The number of thiophene rings is 1. The average molecular weight is 278 g/mol. The zero-order valence-corrected chi connectivity index (χ0v) is 11.5. The number of carbonyl (C=O) groups excluding carboxylic acids is 2. The molecule has 1 heterocycles. The normalized spacial score (nSPS) is 12.1. The molecule has 0 N–H and O–H groups in total. The second kappa shape index (κ2) is 5.84. The van der Waals surface area contributed by atoms with E-state index in [1.807, 2.05) is 29.6 Å². The molecule has 2 rings (SSSR count). The van der Waals surface area contributed by atoms with Crippen molar-refractivity contribution in [1.29, 1.82) is 0 Å². The molecule has 2 aromatic rings. The standard InChI is InChI=1S/C14H14O4S/c1-3-17-14(16)13(18-9(2)15)11-8-19-12-7-5-4-6-10(11)12/h4-8,13H,3H2,1-2H3/t13-/m1/s1. The Kier molecular flexibility index (Phi) is 4.16. The first-order valence-corrected chi connectivity index (χ1v) is 6.81. The number of hydrogen-bond donors (Lipinski definition) is 0. The van der Waals surface area contributed by atoms with E-state index in [4.69, 9.17) is 9.47 Å². The summed E-state index contributed by atoms with van der Waals surface area (Å²) in [6, 6.07) is 7.67. The van der Waals surface area contributed by atoms with Gasteiger partial charge in [0.15, 0.2) is 0 Å². The average Bonchev–Trinajstić information content (AvgIpc) is 2.79. The molecule has 0 saturated carbocycles. The number of benzene rings is 1. The first kappa shape index (κ1) is 13.5. The van der Waals surface area contributed by atoms with Crippen molar-refractivity contribution in [2.75, 3.05) is 6.61 Å². The molecule has 100 valence electrons. The van der Waals surface area contributed by atoms with E-state index >= 15 is 0 Å². The fraction of sp³-hybridized carbons (Fsp3) is 0.286. The van der Waals surface area contributed by atoms with Gasteiger partial charge in [-0.2, -0.15) is 0 Å². The summed E-state index contributed by atoms with van der Waals surface area (Å²) in [7, 11) is 0. The highest BCUT2D eigenvalue weighted by molar-refractivity contribution is 7.17. The van der Waals surface area contributed by atoms with Crippen LogP contribution in [0.1, 0.15) is 25.5 Å². The summed E-state index contributed by atoms with van der Waals surface area (Å²) in [4.78, 5) is 23.1. The Morgan fingerprint density at radius 2 is 2.05 bits per heavy atom. The van der Waals surface area contributed by atoms with Gasteiger partial charge >= 0.3 is 11.9 Å². The molecule has 0 unspecified atom stereocenters. The lowest BCUT2D eigenvalue weighted by molar-refractivity contribution is -0.166. The third-order valence-corrected chi connectivity index (χ3v) is 3.56. The number of ether oxygens (including phenoxy) is 2. The second-order valence-corrected chi connectivity index (χ2v) is 4.84. The Morgan fingerprint density at radius 3 is 2.74 bits per heavy atom. The molecule has 0 fully saturated rings. The maximum Gasteiger partial charge on any atom is 0.352 e. The number of hydrogen-bond acceptors (Lipinski definition) is 5. The van der Waals surface area contributed by atoms with Gasteiger partial charge in [-0.3, -0.25) is 4.79 Å². The number of esters is 2. The maximum atomic E-state index is 11.9. The third-order valence-electron chi connectivity index (χ3n) is 2.58. The van der Waals surface area contributed by atoms with E-state index < -0.39 is 18.0 Å². The highest BCUT2D eigenvalue weighted by Gasteiger charge is 2.27. The van der Waals surface area contributed by atoms with E-state index in [2.05, 4.69) is 0 Å². The van der Waals surface area contributed by atoms with E-state index in [9.17, 15) is 9.59 Å². The minimum absolute atomic E-state index is 0.249. The minimum atomic E-state index is -0.992. The Bertz CT molecular complexity index is 602. The van der Waals surface area contributed by atoms with Crippen molar-refractivity contribution in [1.82, 2.24) is 0 Å². The maximum absolute atomic E-state index is 11.9. The van der Waals surface area contributed by atoms with Crippen molar-refractivity contribution in [3.05, 3.63) is 35.2 Å². The molecule has 0 spiro atoms. The van der Waals surface area contributed by atoms with E-state index in [0.717, 1.165) is 10.1 Å². The summed E-state index contributed by atoms with van der Waals surface area (Å²) >= 11 is 1.51. The smallest absolute Gasteiger partial charge is 0.352 e. The van der Waals surface area contributed by atoms with Crippen LogP contribution in [0.3, 0.4) is 0 Å². The van der Waals surface area contributed by atoms with Gasteiger partial charge in [-0.05, 0) is 23.8 Å². The van der Waals surface area contributed by atoms with Gasteiger partial charge in [0.05, 0.1) is 6.61 Å². The highest BCUT2D eigenvalue weighted by Crippen LogP contribution is 2.32. The van der Waals surface area contributed by atoms with Gasteiger partial charge in [-0.15, -0.1) is 11.3 Å². The van der Waals surface area contributed by atoms with Crippen LogP contribution in [0.5, 0.6) is 0 Å². The largest absolute Gasteiger partial charge is 0.463 e. The van der Waals surface area contributed by atoms with Crippen LogP contribution in [0.4, 0.5) is 0 Å². The van der Waals surface area contributed by atoms with Gasteiger partial charge in [-0.25, -0.2) is 4.79 Å². The Balaban J connectivity index is 2.42. The molecular formula is C14H14O4S. The molecule has 0 radical (unpaired) electrons.